The van der Waals surface area contributed by atoms with Crippen LogP contribution in [0.15, 0.2) is 18.2 Å². The maximum atomic E-state index is 5.69. The molecule has 0 aliphatic heterocycles. The highest BCUT2D eigenvalue weighted by Gasteiger charge is 2.65. The van der Waals surface area contributed by atoms with Crippen LogP contribution in [0.25, 0.3) is 0 Å². The van der Waals surface area contributed by atoms with E-state index in [-0.39, 0.29) is 0 Å². The topological polar surface area (TPSA) is 50.9 Å². The number of pyridine rings is 1. The minimum atomic E-state index is 0.610. The first kappa shape index (κ1) is 8.85. The summed E-state index contributed by atoms with van der Waals surface area (Å²) in [6.45, 7) is 0. The highest BCUT2D eigenvalue weighted by atomic mass is 15.1. The number of aromatic nitrogens is 1. The molecular weight excluding hydrogens is 198 g/mol. The van der Waals surface area contributed by atoms with Gasteiger partial charge in [0, 0.05) is 6.04 Å². The molecule has 3 N–H and O–H groups in total. The molecule has 1 heterocycles. The molecule has 84 valence electrons. The van der Waals surface area contributed by atoms with E-state index in [9.17, 15) is 0 Å². The van der Waals surface area contributed by atoms with Crippen LogP contribution < -0.4 is 11.1 Å². The summed E-state index contributed by atoms with van der Waals surface area (Å²) in [4.78, 5) is 4.32. The lowest BCUT2D eigenvalue weighted by Crippen LogP contribution is -2.13. The second-order valence-corrected chi connectivity index (χ2v) is 5.61. The van der Waals surface area contributed by atoms with E-state index in [1.54, 1.807) is 0 Å². The fraction of sp³-hybridized carbons (Fsp3) is 0.615. The van der Waals surface area contributed by atoms with E-state index in [1.165, 1.54) is 19.3 Å². The number of nitrogen functional groups attached to an aromatic ring is 1. The Morgan fingerprint density at radius 2 is 1.94 bits per heavy atom. The van der Waals surface area contributed by atoms with Gasteiger partial charge in [-0.1, -0.05) is 6.07 Å². The van der Waals surface area contributed by atoms with Crippen molar-refractivity contribution in [2.75, 3.05) is 11.1 Å². The van der Waals surface area contributed by atoms with Crippen molar-refractivity contribution in [3.05, 3.63) is 18.2 Å². The normalized spacial score (nSPS) is 43.1. The predicted octanol–water partition coefficient (Wildman–Crippen LogP) is 2.12. The average Bonchev–Trinajstić information content (AvgIpc) is 2.70. The van der Waals surface area contributed by atoms with E-state index in [1.807, 2.05) is 18.2 Å². The summed E-state index contributed by atoms with van der Waals surface area (Å²) in [5.74, 6) is 5.48. The van der Waals surface area contributed by atoms with Crippen molar-refractivity contribution < 1.29 is 0 Å². The molecule has 4 unspecified atom stereocenters. The summed E-state index contributed by atoms with van der Waals surface area (Å²) >= 11 is 0. The van der Waals surface area contributed by atoms with Crippen LogP contribution in [-0.4, -0.2) is 11.0 Å². The molecule has 0 radical (unpaired) electrons. The van der Waals surface area contributed by atoms with Crippen molar-refractivity contribution in [1.82, 2.24) is 4.98 Å². The Kier molecular flexibility index (Phi) is 1.61. The Labute approximate surface area is 95.4 Å². The van der Waals surface area contributed by atoms with Crippen LogP contribution >= 0.6 is 0 Å². The summed E-state index contributed by atoms with van der Waals surface area (Å²) < 4.78 is 0. The zero-order valence-corrected chi connectivity index (χ0v) is 9.26. The number of nitrogens with one attached hydrogen (secondary N) is 1. The minimum Gasteiger partial charge on any atom is -0.384 e. The van der Waals surface area contributed by atoms with Crippen molar-refractivity contribution in [1.29, 1.82) is 0 Å². The summed E-state index contributed by atoms with van der Waals surface area (Å²) in [6.07, 6.45) is 4.43. The summed E-state index contributed by atoms with van der Waals surface area (Å²) in [5.41, 5.74) is 5.69. The van der Waals surface area contributed by atoms with Gasteiger partial charge < -0.3 is 11.1 Å². The average molecular weight is 215 g/mol. The fourth-order valence-corrected chi connectivity index (χ4v) is 4.22. The van der Waals surface area contributed by atoms with Crippen LogP contribution in [0.5, 0.6) is 0 Å². The number of hydrogen-bond donors (Lipinski definition) is 2. The van der Waals surface area contributed by atoms with Crippen LogP contribution in [0.1, 0.15) is 19.3 Å². The first-order valence-corrected chi connectivity index (χ1v) is 6.32. The molecule has 4 rings (SSSR count). The van der Waals surface area contributed by atoms with Gasteiger partial charge in [-0.05, 0) is 55.1 Å². The van der Waals surface area contributed by atoms with E-state index in [2.05, 4.69) is 10.3 Å². The van der Waals surface area contributed by atoms with Gasteiger partial charge in [0.2, 0.25) is 0 Å². The molecule has 3 saturated carbocycles. The van der Waals surface area contributed by atoms with Gasteiger partial charge in [-0.15, -0.1) is 0 Å². The Morgan fingerprint density at radius 3 is 2.62 bits per heavy atom. The van der Waals surface area contributed by atoms with Crippen molar-refractivity contribution in [3.8, 4) is 0 Å². The molecule has 0 amide bonds. The van der Waals surface area contributed by atoms with Crippen LogP contribution in [0, 0.1) is 23.7 Å². The van der Waals surface area contributed by atoms with E-state index in [4.69, 9.17) is 5.73 Å². The molecule has 1 aromatic rings. The third kappa shape index (κ3) is 1.11. The highest BCUT2D eigenvalue weighted by molar-refractivity contribution is 5.45. The SMILES string of the molecule is Nc1cccc(NC2C3C4CCC(C4)C23)n1. The largest absolute Gasteiger partial charge is 0.384 e. The predicted molar refractivity (Wildman–Crippen MR) is 63.9 cm³/mol. The maximum Gasteiger partial charge on any atom is 0.128 e. The lowest BCUT2D eigenvalue weighted by molar-refractivity contribution is 0.456. The molecule has 3 nitrogen and oxygen atoms in total. The quantitative estimate of drug-likeness (QED) is 0.794. The maximum absolute atomic E-state index is 5.69. The molecule has 3 fully saturated rings. The molecule has 0 saturated heterocycles. The first-order valence-electron chi connectivity index (χ1n) is 6.32. The smallest absolute Gasteiger partial charge is 0.128 e. The van der Waals surface area contributed by atoms with E-state index in [0.717, 1.165) is 29.5 Å². The van der Waals surface area contributed by atoms with E-state index in [0.29, 0.717) is 11.9 Å². The van der Waals surface area contributed by atoms with Crippen molar-refractivity contribution in [2.24, 2.45) is 23.7 Å². The summed E-state index contributed by atoms with van der Waals surface area (Å²) in [7, 11) is 0. The third-order valence-corrected chi connectivity index (χ3v) is 4.82. The second kappa shape index (κ2) is 2.90. The molecular formula is C13H17N3. The number of hydrogen-bond acceptors (Lipinski definition) is 3. The fourth-order valence-electron chi connectivity index (χ4n) is 4.22. The summed E-state index contributed by atoms with van der Waals surface area (Å²) in [5, 5.41) is 3.57. The zero-order chi connectivity index (χ0) is 10.7. The Morgan fingerprint density at radius 1 is 1.19 bits per heavy atom. The molecule has 2 bridgehead atoms. The standard InChI is InChI=1S/C13H17N3/c14-9-2-1-3-10(15-9)16-13-11-7-4-5-8(6-7)12(11)13/h1-3,7-8,11-13H,4-6H2,(H3,14,15,16). The van der Waals surface area contributed by atoms with Crippen molar-refractivity contribution in [2.45, 2.75) is 25.3 Å². The van der Waals surface area contributed by atoms with Gasteiger partial charge in [0.15, 0.2) is 0 Å². The number of nitrogens with zero attached hydrogens (tertiary/aromatic N) is 1. The molecule has 16 heavy (non-hydrogen) atoms. The van der Waals surface area contributed by atoms with E-state index >= 15 is 0 Å². The van der Waals surface area contributed by atoms with Crippen LogP contribution in [-0.2, 0) is 0 Å². The monoisotopic (exact) mass is 215 g/mol. The van der Waals surface area contributed by atoms with Gasteiger partial charge in [-0.25, -0.2) is 4.98 Å². The lowest BCUT2D eigenvalue weighted by Gasteiger charge is -2.11. The lowest BCUT2D eigenvalue weighted by atomic mass is 10.0. The van der Waals surface area contributed by atoms with Crippen molar-refractivity contribution in [3.63, 3.8) is 0 Å². The Balaban J connectivity index is 1.51. The molecule has 3 heteroatoms. The Bertz CT molecular complexity index is 415. The molecule has 1 aromatic heterocycles. The van der Waals surface area contributed by atoms with E-state index < -0.39 is 0 Å². The number of nitrogens with two attached hydrogens (primary N) is 1. The highest BCUT2D eigenvalue weighted by Crippen LogP contribution is 2.66. The first-order chi connectivity index (χ1) is 7.83. The van der Waals surface area contributed by atoms with Crippen LogP contribution in [0.3, 0.4) is 0 Å². The third-order valence-electron chi connectivity index (χ3n) is 4.82. The van der Waals surface area contributed by atoms with Gasteiger partial charge >= 0.3 is 0 Å². The second-order valence-electron chi connectivity index (χ2n) is 5.61. The molecule has 4 atom stereocenters. The van der Waals surface area contributed by atoms with Gasteiger partial charge in [-0.2, -0.15) is 0 Å². The molecule has 3 aliphatic carbocycles. The van der Waals surface area contributed by atoms with Gasteiger partial charge in [-0.3, -0.25) is 0 Å². The minimum absolute atomic E-state index is 0.610. The van der Waals surface area contributed by atoms with Gasteiger partial charge in [0.25, 0.3) is 0 Å². The van der Waals surface area contributed by atoms with Crippen molar-refractivity contribution >= 4 is 11.6 Å². The summed E-state index contributed by atoms with van der Waals surface area (Å²) in [6, 6.07) is 6.52. The molecule has 0 spiro atoms. The van der Waals surface area contributed by atoms with Gasteiger partial charge in [0.1, 0.15) is 11.6 Å². The zero-order valence-electron chi connectivity index (χ0n) is 9.26. The number of fused-ring (bicyclic) bond motifs is 5. The molecule has 3 aliphatic rings. The molecule has 0 aromatic carbocycles. The van der Waals surface area contributed by atoms with Gasteiger partial charge in [0.05, 0.1) is 0 Å². The number of rotatable bonds is 2. The van der Waals surface area contributed by atoms with Crippen LogP contribution in [0.2, 0.25) is 0 Å². The number of anilines is 2. The van der Waals surface area contributed by atoms with Crippen LogP contribution in [0.4, 0.5) is 11.6 Å². The Hall–Kier alpha value is -1.25.